The number of hydrogen-bond donors (Lipinski definition) is 1. The molecule has 0 aliphatic carbocycles. The number of rotatable bonds is 7. The highest BCUT2D eigenvalue weighted by atomic mass is 32.1. The van der Waals surface area contributed by atoms with Crippen LogP contribution < -0.4 is 5.32 Å². The molecule has 0 bridgehead atoms. The molecule has 2 rings (SSSR count). The lowest BCUT2D eigenvalue weighted by Gasteiger charge is -2.17. The first-order valence-electron chi connectivity index (χ1n) is 7.23. The van der Waals surface area contributed by atoms with E-state index in [1.807, 2.05) is 24.3 Å². The largest absolute Gasteiger partial charge is 0.351 e. The van der Waals surface area contributed by atoms with Crippen LogP contribution in [0.5, 0.6) is 0 Å². The lowest BCUT2D eigenvalue weighted by Crippen LogP contribution is -2.29. The molecule has 108 valence electrons. The molecule has 1 heterocycles. The van der Waals surface area contributed by atoms with Crippen LogP contribution in [0.1, 0.15) is 29.9 Å². The quantitative estimate of drug-likeness (QED) is 0.793. The van der Waals surface area contributed by atoms with E-state index >= 15 is 0 Å². The first-order valence-corrected chi connectivity index (χ1v) is 8.05. The Morgan fingerprint density at radius 3 is 2.70 bits per heavy atom. The van der Waals surface area contributed by atoms with Gasteiger partial charge in [-0.15, -0.1) is 11.3 Å². The van der Waals surface area contributed by atoms with Crippen molar-refractivity contribution in [2.24, 2.45) is 0 Å². The van der Waals surface area contributed by atoms with E-state index in [1.54, 1.807) is 11.3 Å². The molecule has 0 saturated carbocycles. The average Bonchev–Trinajstić information content (AvgIpc) is 2.91. The zero-order valence-corrected chi connectivity index (χ0v) is 13.0. The molecule has 0 saturated heterocycles. The molecule has 1 N–H and O–H groups in total. The number of thiophene rings is 1. The molecule has 1 aromatic heterocycles. The third kappa shape index (κ3) is 3.81. The standard InChI is InChI=1S/C16H22N2OS/c1-3-18(4-2)11-7-10-17-16(19)15-12-13-8-5-6-9-14(13)20-15/h5-6,8-9,12H,3-4,7,10-11H2,1-2H3,(H,17,19). The summed E-state index contributed by atoms with van der Waals surface area (Å²) < 4.78 is 1.17. The van der Waals surface area contributed by atoms with Gasteiger partial charge in [-0.3, -0.25) is 4.79 Å². The molecular weight excluding hydrogens is 268 g/mol. The van der Waals surface area contributed by atoms with Crippen LogP contribution in [0, 0.1) is 0 Å². The van der Waals surface area contributed by atoms with E-state index in [2.05, 4.69) is 30.1 Å². The fourth-order valence-corrected chi connectivity index (χ4v) is 3.20. The number of nitrogens with one attached hydrogen (secondary N) is 1. The minimum Gasteiger partial charge on any atom is -0.351 e. The maximum Gasteiger partial charge on any atom is 0.261 e. The van der Waals surface area contributed by atoms with E-state index in [0.717, 1.165) is 42.9 Å². The van der Waals surface area contributed by atoms with Crippen molar-refractivity contribution in [1.82, 2.24) is 10.2 Å². The van der Waals surface area contributed by atoms with Crippen LogP contribution >= 0.6 is 11.3 Å². The minimum atomic E-state index is 0.0470. The molecule has 0 aliphatic rings. The maximum absolute atomic E-state index is 12.1. The first kappa shape index (κ1) is 15.0. The molecule has 0 radical (unpaired) electrons. The Balaban J connectivity index is 1.83. The molecule has 1 aromatic carbocycles. The summed E-state index contributed by atoms with van der Waals surface area (Å²) in [6.07, 6.45) is 0.998. The van der Waals surface area contributed by atoms with Gasteiger partial charge in [0.1, 0.15) is 0 Å². The second-order valence-corrected chi connectivity index (χ2v) is 5.87. The zero-order valence-electron chi connectivity index (χ0n) is 12.2. The van der Waals surface area contributed by atoms with E-state index < -0.39 is 0 Å². The van der Waals surface area contributed by atoms with E-state index in [-0.39, 0.29) is 5.91 Å². The monoisotopic (exact) mass is 290 g/mol. The smallest absolute Gasteiger partial charge is 0.261 e. The Kier molecular flexibility index (Phi) is 5.56. The number of carbonyl (C=O) groups is 1. The summed E-state index contributed by atoms with van der Waals surface area (Å²) in [5.41, 5.74) is 0. The second kappa shape index (κ2) is 7.41. The number of carbonyl (C=O) groups excluding carboxylic acids is 1. The van der Waals surface area contributed by atoms with Gasteiger partial charge in [-0.1, -0.05) is 32.0 Å². The highest BCUT2D eigenvalue weighted by Gasteiger charge is 2.09. The fourth-order valence-electron chi connectivity index (χ4n) is 2.23. The molecule has 20 heavy (non-hydrogen) atoms. The lowest BCUT2D eigenvalue weighted by atomic mass is 10.2. The van der Waals surface area contributed by atoms with Gasteiger partial charge in [-0.2, -0.15) is 0 Å². The molecule has 2 aromatic rings. The van der Waals surface area contributed by atoms with Crippen molar-refractivity contribution < 1.29 is 4.79 Å². The molecule has 0 spiro atoms. The Morgan fingerprint density at radius 1 is 1.25 bits per heavy atom. The van der Waals surface area contributed by atoms with Crippen LogP contribution in [0.15, 0.2) is 30.3 Å². The number of amides is 1. The third-order valence-electron chi connectivity index (χ3n) is 3.48. The first-order chi connectivity index (χ1) is 9.74. The molecule has 1 amide bonds. The van der Waals surface area contributed by atoms with E-state index in [9.17, 15) is 4.79 Å². The maximum atomic E-state index is 12.1. The highest BCUT2D eigenvalue weighted by Crippen LogP contribution is 2.24. The SMILES string of the molecule is CCN(CC)CCCNC(=O)c1cc2ccccc2s1. The van der Waals surface area contributed by atoms with Gasteiger partial charge in [0, 0.05) is 11.2 Å². The van der Waals surface area contributed by atoms with Gasteiger partial charge in [-0.05, 0) is 43.6 Å². The van der Waals surface area contributed by atoms with Crippen molar-refractivity contribution in [1.29, 1.82) is 0 Å². The topological polar surface area (TPSA) is 32.3 Å². The van der Waals surface area contributed by atoms with Crippen LogP contribution in [0.25, 0.3) is 10.1 Å². The van der Waals surface area contributed by atoms with Crippen molar-refractivity contribution >= 4 is 27.3 Å². The van der Waals surface area contributed by atoms with Crippen LogP contribution in [-0.2, 0) is 0 Å². The zero-order chi connectivity index (χ0) is 14.4. The lowest BCUT2D eigenvalue weighted by molar-refractivity contribution is 0.0956. The molecule has 4 heteroatoms. The molecular formula is C16H22N2OS. The summed E-state index contributed by atoms with van der Waals surface area (Å²) in [5.74, 6) is 0.0470. The summed E-state index contributed by atoms with van der Waals surface area (Å²) in [6.45, 7) is 8.25. The van der Waals surface area contributed by atoms with Crippen molar-refractivity contribution in [3.05, 3.63) is 35.2 Å². The normalized spacial score (nSPS) is 11.2. The van der Waals surface area contributed by atoms with Crippen molar-refractivity contribution in [2.45, 2.75) is 20.3 Å². The molecule has 0 unspecified atom stereocenters. The number of nitrogens with zero attached hydrogens (tertiary/aromatic N) is 1. The van der Waals surface area contributed by atoms with Crippen LogP contribution in [0.3, 0.4) is 0 Å². The predicted molar refractivity (Wildman–Crippen MR) is 86.6 cm³/mol. The molecule has 3 nitrogen and oxygen atoms in total. The molecule has 0 aliphatic heterocycles. The highest BCUT2D eigenvalue weighted by molar-refractivity contribution is 7.20. The Bertz CT molecular complexity index is 527. The number of fused-ring (bicyclic) bond motifs is 1. The van der Waals surface area contributed by atoms with Crippen LogP contribution in [-0.4, -0.2) is 37.0 Å². The van der Waals surface area contributed by atoms with Gasteiger partial charge in [0.15, 0.2) is 0 Å². The fraction of sp³-hybridized carbons (Fsp3) is 0.438. The van der Waals surface area contributed by atoms with Gasteiger partial charge in [-0.25, -0.2) is 0 Å². The number of benzene rings is 1. The summed E-state index contributed by atoms with van der Waals surface area (Å²) in [4.78, 5) is 15.3. The van der Waals surface area contributed by atoms with Crippen molar-refractivity contribution in [3.63, 3.8) is 0 Å². The minimum absolute atomic E-state index is 0.0470. The summed E-state index contributed by atoms with van der Waals surface area (Å²) >= 11 is 1.56. The Labute approximate surface area is 124 Å². The number of hydrogen-bond acceptors (Lipinski definition) is 3. The summed E-state index contributed by atoms with van der Waals surface area (Å²) in [7, 11) is 0. The second-order valence-electron chi connectivity index (χ2n) is 4.78. The predicted octanol–water partition coefficient (Wildman–Crippen LogP) is 3.36. The van der Waals surface area contributed by atoms with Crippen molar-refractivity contribution in [3.8, 4) is 0 Å². The van der Waals surface area contributed by atoms with E-state index in [4.69, 9.17) is 0 Å². The van der Waals surface area contributed by atoms with Gasteiger partial charge in [0.25, 0.3) is 5.91 Å². The van der Waals surface area contributed by atoms with Crippen LogP contribution in [0.4, 0.5) is 0 Å². The Hall–Kier alpha value is -1.39. The Morgan fingerprint density at radius 2 is 2.00 bits per heavy atom. The van der Waals surface area contributed by atoms with Gasteiger partial charge >= 0.3 is 0 Å². The molecule has 0 atom stereocenters. The van der Waals surface area contributed by atoms with Crippen molar-refractivity contribution in [2.75, 3.05) is 26.2 Å². The summed E-state index contributed by atoms with van der Waals surface area (Å²) in [5, 5.41) is 4.15. The molecule has 0 fully saturated rings. The average molecular weight is 290 g/mol. The van der Waals surface area contributed by atoms with Crippen LogP contribution in [0.2, 0.25) is 0 Å². The van der Waals surface area contributed by atoms with Gasteiger partial charge in [0.2, 0.25) is 0 Å². The summed E-state index contributed by atoms with van der Waals surface area (Å²) in [6, 6.07) is 10.1. The van der Waals surface area contributed by atoms with E-state index in [1.165, 1.54) is 4.70 Å². The van der Waals surface area contributed by atoms with Gasteiger partial charge in [0.05, 0.1) is 4.88 Å². The van der Waals surface area contributed by atoms with Gasteiger partial charge < -0.3 is 10.2 Å². The third-order valence-corrected chi connectivity index (χ3v) is 4.60. The van der Waals surface area contributed by atoms with E-state index in [0.29, 0.717) is 0 Å².